The number of rotatable bonds is 9. The number of aliphatic hydroxyl groups excluding tert-OH is 1. The maximum Gasteiger partial charge on any atom is 0.471 e. The molecule has 0 radical (unpaired) electrons. The summed E-state index contributed by atoms with van der Waals surface area (Å²) in [5.74, 6) is -1.96. The minimum absolute atomic E-state index is 0.00149. The monoisotopic (exact) mass is 650 g/mol. The molecule has 236 valence electrons. The summed E-state index contributed by atoms with van der Waals surface area (Å²) in [6, 6.07) is 13.8. The Balaban J connectivity index is 1.26. The van der Waals surface area contributed by atoms with Gasteiger partial charge in [0.25, 0.3) is 0 Å². The summed E-state index contributed by atoms with van der Waals surface area (Å²) in [4.78, 5) is 25.0. The maximum atomic E-state index is 12.9. The molecule has 5 rings (SSSR count). The quantitative estimate of drug-likeness (QED) is 0.308. The van der Waals surface area contributed by atoms with Crippen molar-refractivity contribution in [1.82, 2.24) is 20.4 Å². The molecule has 2 fully saturated rings. The molecule has 0 aliphatic carbocycles. The summed E-state index contributed by atoms with van der Waals surface area (Å²) < 4.78 is 52.6. The third kappa shape index (κ3) is 7.60. The minimum Gasteiger partial charge on any atom is -0.392 e. The van der Waals surface area contributed by atoms with Crippen molar-refractivity contribution in [1.29, 1.82) is 0 Å². The van der Waals surface area contributed by atoms with E-state index in [1.807, 2.05) is 43.3 Å². The molecular weight excluding hydrogens is 617 g/mol. The number of thioether (sulfide) groups is 1. The van der Waals surface area contributed by atoms with Crippen molar-refractivity contribution in [2.75, 3.05) is 12.3 Å². The number of ether oxygens (including phenoxy) is 2. The van der Waals surface area contributed by atoms with E-state index < -0.39 is 30.3 Å². The van der Waals surface area contributed by atoms with Crippen LogP contribution in [-0.4, -0.2) is 62.6 Å². The number of nitrogens with zero attached hydrogens (tertiary/aromatic N) is 3. The Morgan fingerprint density at radius 2 is 1.75 bits per heavy atom. The third-order valence-corrected chi connectivity index (χ3v) is 9.84. The zero-order chi connectivity index (χ0) is 31.4. The van der Waals surface area contributed by atoms with E-state index in [1.54, 1.807) is 23.9 Å². The molecule has 0 saturated carbocycles. The number of alkyl halides is 3. The number of hydrogen-bond acceptors (Lipinski definition) is 9. The molecule has 2 N–H and O–H groups in total. The van der Waals surface area contributed by atoms with Crippen LogP contribution in [0.4, 0.5) is 13.2 Å². The minimum atomic E-state index is -5.02. The molecule has 3 aromatic rings. The van der Waals surface area contributed by atoms with Crippen LogP contribution >= 0.6 is 23.1 Å². The van der Waals surface area contributed by atoms with E-state index in [1.165, 1.54) is 11.3 Å². The van der Waals surface area contributed by atoms with Crippen LogP contribution in [0.25, 0.3) is 0 Å². The molecule has 2 aliphatic rings. The summed E-state index contributed by atoms with van der Waals surface area (Å²) in [7, 11) is 0. The van der Waals surface area contributed by atoms with E-state index in [4.69, 9.17) is 9.47 Å². The van der Waals surface area contributed by atoms with Crippen molar-refractivity contribution in [3.05, 3.63) is 75.8 Å². The number of halogens is 3. The van der Waals surface area contributed by atoms with Gasteiger partial charge >= 0.3 is 12.1 Å². The molecule has 14 heteroatoms. The van der Waals surface area contributed by atoms with Crippen LogP contribution < -0.4 is 5.32 Å². The fourth-order valence-electron chi connectivity index (χ4n) is 5.34. The molecule has 9 nitrogen and oxygen atoms in total. The molecule has 5 atom stereocenters. The lowest BCUT2D eigenvalue weighted by molar-refractivity contribution is -0.268. The molecule has 2 aliphatic heterocycles. The Kier molecular flexibility index (Phi) is 10.3. The summed E-state index contributed by atoms with van der Waals surface area (Å²) in [6.07, 6.45) is -5.64. The number of aliphatic hydroxyl groups is 1. The van der Waals surface area contributed by atoms with E-state index in [2.05, 4.69) is 22.4 Å². The lowest BCUT2D eigenvalue weighted by Crippen LogP contribution is -2.50. The normalized spacial score (nSPS) is 24.0. The highest BCUT2D eigenvalue weighted by Crippen LogP contribution is 2.43. The van der Waals surface area contributed by atoms with E-state index >= 15 is 0 Å². The van der Waals surface area contributed by atoms with Gasteiger partial charge in [0.2, 0.25) is 5.91 Å². The Morgan fingerprint density at radius 3 is 2.39 bits per heavy atom. The van der Waals surface area contributed by atoms with Crippen LogP contribution in [0, 0.1) is 12.8 Å². The highest BCUT2D eigenvalue weighted by molar-refractivity contribution is 8.01. The molecule has 2 aromatic carbocycles. The fourth-order valence-corrected chi connectivity index (χ4v) is 7.35. The number of aryl methyl sites for hydroxylation is 1. The van der Waals surface area contributed by atoms with Crippen molar-refractivity contribution in [3.8, 4) is 0 Å². The predicted molar refractivity (Wildman–Crippen MR) is 157 cm³/mol. The van der Waals surface area contributed by atoms with Gasteiger partial charge in [0.05, 0.1) is 18.8 Å². The molecule has 0 unspecified atom stereocenters. The standard InChI is InChI=1S/C30H33F3N4O5S2/c1-17-24(16-43-29-36-35-18(2)44-29)41-27(42-25(17)21-9-7-20(15-38)8-10-21)22-11-5-19(6-12-22)14-34-26(39)23-4-3-13-37(23)28(40)30(31,32)33/h5-12,17,23-25,27,38H,3-4,13-16H2,1-2H3,(H,34,39)/t17-,23+,24+,25+,27+/m1/s1. The van der Waals surface area contributed by atoms with Crippen LogP contribution in [0.3, 0.4) is 0 Å². The topological polar surface area (TPSA) is 114 Å². The predicted octanol–water partition coefficient (Wildman–Crippen LogP) is 5.09. The maximum absolute atomic E-state index is 12.9. The number of hydrogen-bond donors (Lipinski definition) is 2. The summed E-state index contributed by atoms with van der Waals surface area (Å²) in [6.45, 7) is 3.93. The number of nitrogens with one attached hydrogen (secondary N) is 1. The first kappa shape index (κ1) is 32.4. The Bertz CT molecular complexity index is 1440. The summed E-state index contributed by atoms with van der Waals surface area (Å²) in [5, 5.41) is 21.3. The number of benzene rings is 2. The average Bonchev–Trinajstić information content (AvgIpc) is 3.68. The molecule has 3 heterocycles. The van der Waals surface area contributed by atoms with Crippen molar-refractivity contribution in [2.45, 2.75) is 74.9 Å². The lowest BCUT2D eigenvalue weighted by Gasteiger charge is -2.41. The zero-order valence-electron chi connectivity index (χ0n) is 24.1. The van der Waals surface area contributed by atoms with Crippen LogP contribution in [0.1, 0.15) is 59.4 Å². The van der Waals surface area contributed by atoms with E-state index in [0.717, 1.165) is 31.6 Å². The van der Waals surface area contributed by atoms with E-state index in [-0.39, 0.29) is 44.2 Å². The number of carbonyl (C=O) groups excluding carboxylic acids is 2. The molecular formula is C30H33F3N4O5S2. The molecule has 0 spiro atoms. The molecule has 44 heavy (non-hydrogen) atoms. The van der Waals surface area contributed by atoms with Crippen LogP contribution in [-0.2, 0) is 32.2 Å². The number of carbonyl (C=O) groups is 2. The van der Waals surface area contributed by atoms with Gasteiger partial charge in [-0.05, 0) is 36.5 Å². The van der Waals surface area contributed by atoms with Crippen LogP contribution in [0.5, 0.6) is 0 Å². The smallest absolute Gasteiger partial charge is 0.392 e. The summed E-state index contributed by atoms with van der Waals surface area (Å²) >= 11 is 3.11. The van der Waals surface area contributed by atoms with E-state index in [9.17, 15) is 27.9 Å². The summed E-state index contributed by atoms with van der Waals surface area (Å²) in [5.41, 5.74) is 3.27. The molecule has 1 aromatic heterocycles. The second kappa shape index (κ2) is 13.9. The second-order valence-corrected chi connectivity index (χ2v) is 13.3. The number of aromatic nitrogens is 2. The van der Waals surface area contributed by atoms with Gasteiger partial charge in [0.1, 0.15) is 11.0 Å². The van der Waals surface area contributed by atoms with Crippen LogP contribution in [0.15, 0.2) is 52.9 Å². The highest BCUT2D eigenvalue weighted by Gasteiger charge is 2.47. The molecule has 2 saturated heterocycles. The first-order valence-electron chi connectivity index (χ1n) is 14.2. The molecule has 0 bridgehead atoms. The van der Waals surface area contributed by atoms with Gasteiger partial charge in [-0.25, -0.2) is 0 Å². The second-order valence-electron chi connectivity index (χ2n) is 10.8. The SMILES string of the molecule is Cc1nnc(SC[C@@H]2O[C@H](c3ccc(CNC(=O)[C@@H]4CCCN4C(=O)C(F)(F)F)cc3)O[C@H](c3ccc(CO)cc3)[C@@H]2C)s1. The Morgan fingerprint density at radius 1 is 1.07 bits per heavy atom. The van der Waals surface area contributed by atoms with Gasteiger partial charge in [0.15, 0.2) is 10.6 Å². The van der Waals surface area contributed by atoms with Crippen molar-refractivity contribution >= 4 is 34.9 Å². The van der Waals surface area contributed by atoms with Crippen LogP contribution in [0.2, 0.25) is 0 Å². The first-order valence-corrected chi connectivity index (χ1v) is 16.0. The zero-order valence-corrected chi connectivity index (χ0v) is 25.8. The number of amides is 2. The van der Waals surface area contributed by atoms with Gasteiger partial charge < -0.3 is 24.8 Å². The van der Waals surface area contributed by atoms with Gasteiger partial charge in [-0.1, -0.05) is 78.6 Å². The van der Waals surface area contributed by atoms with Crippen molar-refractivity contribution < 1.29 is 37.3 Å². The van der Waals surface area contributed by atoms with Gasteiger partial charge in [-0.2, -0.15) is 13.2 Å². The third-order valence-electron chi connectivity index (χ3n) is 7.78. The Hall–Kier alpha value is -3.04. The highest BCUT2D eigenvalue weighted by atomic mass is 32.2. The number of likely N-dealkylation sites (tertiary alicyclic amines) is 1. The first-order chi connectivity index (χ1) is 21.0. The van der Waals surface area contributed by atoms with Gasteiger partial charge in [-0.3, -0.25) is 9.59 Å². The average molecular weight is 651 g/mol. The van der Waals surface area contributed by atoms with Gasteiger partial charge in [-0.15, -0.1) is 10.2 Å². The van der Waals surface area contributed by atoms with Crippen molar-refractivity contribution in [2.24, 2.45) is 5.92 Å². The van der Waals surface area contributed by atoms with Crippen molar-refractivity contribution in [3.63, 3.8) is 0 Å². The Labute approximate surface area is 261 Å². The van der Waals surface area contributed by atoms with E-state index in [0.29, 0.717) is 17.1 Å². The molecule has 2 amide bonds. The van der Waals surface area contributed by atoms with Gasteiger partial charge in [0, 0.05) is 30.3 Å². The lowest BCUT2D eigenvalue weighted by atomic mass is 9.91. The largest absolute Gasteiger partial charge is 0.471 e. The fraction of sp³-hybridized carbons (Fsp3) is 0.467.